The lowest BCUT2D eigenvalue weighted by atomic mass is 10.3. The molecule has 0 saturated carbocycles. The number of nitrogens with zero attached hydrogens (tertiary/aromatic N) is 2. The maximum atomic E-state index is 12.0. The fourth-order valence-corrected chi connectivity index (χ4v) is 4.00. The van der Waals surface area contributed by atoms with Crippen LogP contribution in [-0.2, 0) is 9.59 Å². The van der Waals surface area contributed by atoms with E-state index in [4.69, 9.17) is 22.9 Å². The van der Waals surface area contributed by atoms with Crippen molar-refractivity contribution < 1.29 is 9.59 Å². The average molecular weight is 381 g/mol. The molecule has 0 radical (unpaired) electrons. The zero-order valence-electron chi connectivity index (χ0n) is 14.3. The molecule has 0 aromatic heterocycles. The molecular weight excluding hydrogens is 348 g/mol. The van der Waals surface area contributed by atoms with E-state index in [1.165, 1.54) is 0 Å². The Morgan fingerprint density at radius 1 is 0.625 bits per heavy atom. The highest BCUT2D eigenvalue weighted by Crippen LogP contribution is 2.23. The van der Waals surface area contributed by atoms with Gasteiger partial charge in [0.05, 0.1) is 0 Å². The molecule has 24 heavy (non-hydrogen) atoms. The van der Waals surface area contributed by atoms with Gasteiger partial charge in [-0.05, 0) is 0 Å². The van der Waals surface area contributed by atoms with E-state index in [-0.39, 0.29) is 11.8 Å². The van der Waals surface area contributed by atoms with Crippen LogP contribution in [0, 0.1) is 0 Å². The molecule has 142 valence electrons. The Balaban J connectivity index is 3.85. The normalized spacial score (nSPS) is 10.7. The molecule has 0 saturated heterocycles. The van der Waals surface area contributed by atoms with Crippen molar-refractivity contribution in [2.45, 2.75) is 12.8 Å². The van der Waals surface area contributed by atoms with Gasteiger partial charge in [0.25, 0.3) is 0 Å². The lowest BCUT2D eigenvalue weighted by Crippen LogP contribution is -2.39. The molecule has 0 aliphatic rings. The maximum Gasteiger partial charge on any atom is 0.223 e. The van der Waals surface area contributed by atoms with Gasteiger partial charge in [0, 0.05) is 76.7 Å². The second-order valence-electron chi connectivity index (χ2n) is 5.06. The minimum atomic E-state index is 0.0761. The third-order valence-electron chi connectivity index (χ3n) is 3.18. The molecule has 0 aliphatic heterocycles. The topological polar surface area (TPSA) is 145 Å². The van der Waals surface area contributed by atoms with Gasteiger partial charge < -0.3 is 32.7 Å². The van der Waals surface area contributed by atoms with Crippen LogP contribution in [0.1, 0.15) is 12.8 Å². The van der Waals surface area contributed by atoms with Crippen LogP contribution in [0.5, 0.6) is 0 Å². The van der Waals surface area contributed by atoms with Crippen LogP contribution in [0.15, 0.2) is 0 Å². The van der Waals surface area contributed by atoms with Crippen LogP contribution < -0.4 is 22.9 Å². The Morgan fingerprint density at radius 2 is 0.917 bits per heavy atom. The van der Waals surface area contributed by atoms with Gasteiger partial charge in [-0.1, -0.05) is 21.6 Å². The second kappa shape index (κ2) is 16.0. The summed E-state index contributed by atoms with van der Waals surface area (Å²) in [5.74, 6) is 1.57. The zero-order valence-corrected chi connectivity index (χ0v) is 16.0. The van der Waals surface area contributed by atoms with E-state index in [0.29, 0.717) is 76.7 Å². The Morgan fingerprint density at radius 3 is 1.17 bits per heavy atom. The molecule has 2 amide bonds. The highest BCUT2D eigenvalue weighted by molar-refractivity contribution is 8.76. The molecule has 0 heterocycles. The van der Waals surface area contributed by atoms with Crippen LogP contribution >= 0.6 is 21.6 Å². The van der Waals surface area contributed by atoms with Crippen molar-refractivity contribution in [1.82, 2.24) is 9.80 Å². The number of nitrogens with two attached hydrogens (primary N) is 4. The third-order valence-corrected chi connectivity index (χ3v) is 5.59. The van der Waals surface area contributed by atoms with Gasteiger partial charge in [-0.3, -0.25) is 9.59 Å². The smallest absolute Gasteiger partial charge is 0.223 e. The van der Waals surface area contributed by atoms with E-state index >= 15 is 0 Å². The van der Waals surface area contributed by atoms with Crippen LogP contribution in [0.4, 0.5) is 0 Å². The summed E-state index contributed by atoms with van der Waals surface area (Å²) in [4.78, 5) is 27.4. The van der Waals surface area contributed by atoms with Gasteiger partial charge >= 0.3 is 0 Å². The molecule has 10 heteroatoms. The third kappa shape index (κ3) is 11.1. The summed E-state index contributed by atoms with van der Waals surface area (Å²) in [5.41, 5.74) is 22.0. The second-order valence-corrected chi connectivity index (χ2v) is 7.76. The minimum absolute atomic E-state index is 0.0761. The molecule has 0 spiro atoms. The summed E-state index contributed by atoms with van der Waals surface area (Å²) in [7, 11) is 3.20. The van der Waals surface area contributed by atoms with Gasteiger partial charge in [0.1, 0.15) is 0 Å². The summed E-state index contributed by atoms with van der Waals surface area (Å²) in [5, 5.41) is 0. The standard InChI is InChI=1S/C14H32N6O2S2/c15-3-7-19(8-4-16)13(21)1-11-23-24-12-2-14(22)20(9-5-17)10-6-18/h1-12,15-18H2. The fraction of sp³-hybridized carbons (Fsp3) is 0.857. The van der Waals surface area contributed by atoms with Crippen LogP contribution in [-0.4, -0.2) is 85.5 Å². The molecule has 0 atom stereocenters. The molecule has 0 bridgehead atoms. The first-order chi connectivity index (χ1) is 11.6. The Hall–Kier alpha value is -0.520. The molecule has 8 N–H and O–H groups in total. The van der Waals surface area contributed by atoms with Gasteiger partial charge in [0.2, 0.25) is 11.8 Å². The van der Waals surface area contributed by atoms with Crippen molar-refractivity contribution in [3.05, 3.63) is 0 Å². The van der Waals surface area contributed by atoms with E-state index in [2.05, 4.69) is 0 Å². The first-order valence-corrected chi connectivity index (χ1v) is 10.7. The summed E-state index contributed by atoms with van der Waals surface area (Å²) in [6.45, 7) is 3.94. The minimum Gasteiger partial charge on any atom is -0.340 e. The van der Waals surface area contributed by atoms with Gasteiger partial charge in [-0.25, -0.2) is 0 Å². The lowest BCUT2D eigenvalue weighted by molar-refractivity contribution is -0.131. The van der Waals surface area contributed by atoms with Crippen LogP contribution in [0.25, 0.3) is 0 Å². The highest BCUT2D eigenvalue weighted by Gasteiger charge is 2.13. The number of carbonyl (C=O) groups is 2. The van der Waals surface area contributed by atoms with Crippen molar-refractivity contribution in [3.63, 3.8) is 0 Å². The molecule has 0 aromatic carbocycles. The summed E-state index contributed by atoms with van der Waals surface area (Å²) < 4.78 is 0. The molecular formula is C14H32N6O2S2. The van der Waals surface area contributed by atoms with Crippen molar-refractivity contribution in [3.8, 4) is 0 Å². The van der Waals surface area contributed by atoms with Crippen molar-refractivity contribution in [1.29, 1.82) is 0 Å². The molecule has 0 aromatic rings. The summed E-state index contributed by atoms with van der Waals surface area (Å²) in [6, 6.07) is 0. The first kappa shape index (κ1) is 23.5. The van der Waals surface area contributed by atoms with Crippen molar-refractivity contribution in [2.24, 2.45) is 22.9 Å². The monoisotopic (exact) mass is 380 g/mol. The zero-order chi connectivity index (χ0) is 18.2. The number of rotatable bonds is 15. The molecule has 0 rings (SSSR count). The largest absolute Gasteiger partial charge is 0.340 e. The van der Waals surface area contributed by atoms with Crippen LogP contribution in [0.2, 0.25) is 0 Å². The highest BCUT2D eigenvalue weighted by atomic mass is 33.1. The van der Waals surface area contributed by atoms with E-state index in [1.807, 2.05) is 0 Å². The lowest BCUT2D eigenvalue weighted by Gasteiger charge is -2.21. The van der Waals surface area contributed by atoms with Crippen molar-refractivity contribution >= 4 is 33.4 Å². The van der Waals surface area contributed by atoms with E-state index in [9.17, 15) is 9.59 Å². The fourth-order valence-electron chi connectivity index (χ4n) is 2.04. The summed E-state index contributed by atoms with van der Waals surface area (Å²) >= 11 is 0. The SMILES string of the molecule is NCCN(CCN)C(=O)CCSSCCC(=O)N(CCN)CCN. The van der Waals surface area contributed by atoms with Gasteiger partial charge in [-0.15, -0.1) is 0 Å². The molecule has 0 unspecified atom stereocenters. The Labute approximate surface area is 152 Å². The van der Waals surface area contributed by atoms with E-state index < -0.39 is 0 Å². The molecule has 0 fully saturated rings. The number of hydrogen-bond donors (Lipinski definition) is 4. The predicted molar refractivity (Wildman–Crippen MR) is 104 cm³/mol. The van der Waals surface area contributed by atoms with Gasteiger partial charge in [-0.2, -0.15) is 0 Å². The van der Waals surface area contributed by atoms with Crippen molar-refractivity contribution in [2.75, 3.05) is 63.9 Å². The molecule has 0 aliphatic carbocycles. The first-order valence-electron chi connectivity index (χ1n) is 8.20. The van der Waals surface area contributed by atoms with E-state index in [1.54, 1.807) is 31.4 Å². The maximum absolute atomic E-state index is 12.0. The van der Waals surface area contributed by atoms with E-state index in [0.717, 1.165) is 0 Å². The number of amides is 2. The quantitative estimate of drug-likeness (QED) is 0.201. The predicted octanol–water partition coefficient (Wildman–Crippen LogP) is -1.36. The number of hydrogen-bond acceptors (Lipinski definition) is 8. The number of carbonyl (C=O) groups excluding carboxylic acids is 2. The Bertz CT molecular complexity index is 305. The molecule has 8 nitrogen and oxygen atoms in total. The van der Waals surface area contributed by atoms with Crippen LogP contribution in [0.3, 0.4) is 0 Å². The van der Waals surface area contributed by atoms with Gasteiger partial charge in [0.15, 0.2) is 0 Å². The average Bonchev–Trinajstić information content (AvgIpc) is 2.57. The summed E-state index contributed by atoms with van der Waals surface area (Å²) in [6.07, 6.45) is 0.913. The Kier molecular flexibility index (Phi) is 15.6.